The van der Waals surface area contributed by atoms with E-state index >= 15 is 0 Å². The summed E-state index contributed by atoms with van der Waals surface area (Å²) in [5, 5.41) is 2.98. The van der Waals surface area contributed by atoms with Gasteiger partial charge < -0.3 is 16.0 Å². The number of nitrogens with one attached hydrogen (secondary N) is 1. The predicted molar refractivity (Wildman–Crippen MR) is 88.1 cm³/mol. The number of amides is 1. The zero-order chi connectivity index (χ0) is 15.8. The number of carbonyl (C=O) groups is 1. The minimum absolute atomic E-state index is 0.0746. The number of carbonyl (C=O) groups excluding carboxylic acids is 1. The Morgan fingerprint density at radius 2 is 1.86 bits per heavy atom. The van der Waals surface area contributed by atoms with Gasteiger partial charge in [-0.25, -0.2) is 0 Å². The molecule has 0 aliphatic rings. The monoisotopic (exact) mass is 291 g/mol. The van der Waals surface area contributed by atoms with Gasteiger partial charge in [0.05, 0.1) is 6.04 Å². The molecule has 0 heterocycles. The van der Waals surface area contributed by atoms with E-state index in [-0.39, 0.29) is 5.91 Å². The van der Waals surface area contributed by atoms with Crippen LogP contribution in [0, 0.1) is 5.92 Å². The van der Waals surface area contributed by atoms with Crippen molar-refractivity contribution in [1.82, 2.24) is 10.2 Å². The van der Waals surface area contributed by atoms with E-state index in [1.165, 1.54) is 0 Å². The van der Waals surface area contributed by atoms with Gasteiger partial charge in [0.15, 0.2) is 0 Å². The van der Waals surface area contributed by atoms with Gasteiger partial charge in [-0.2, -0.15) is 0 Å². The standard InChI is InChI=1S/C17H29N3O/c1-13(2)10-15(20(3)4)12-19-17(21)16(18)11-14-8-6-5-7-9-14/h5-9,13,15-16H,10-12,18H2,1-4H3,(H,19,21)/t15?,16-/m1/s1. The summed E-state index contributed by atoms with van der Waals surface area (Å²) in [7, 11) is 4.09. The Labute approximate surface area is 128 Å². The highest BCUT2D eigenvalue weighted by Crippen LogP contribution is 2.08. The number of hydrogen-bond donors (Lipinski definition) is 2. The number of hydrogen-bond acceptors (Lipinski definition) is 3. The molecule has 1 aromatic rings. The summed E-state index contributed by atoms with van der Waals surface area (Å²) in [6, 6.07) is 9.73. The average molecular weight is 291 g/mol. The van der Waals surface area contributed by atoms with Gasteiger partial charge in [-0.1, -0.05) is 44.2 Å². The third kappa shape index (κ3) is 6.74. The van der Waals surface area contributed by atoms with E-state index in [0.717, 1.165) is 12.0 Å². The van der Waals surface area contributed by atoms with Crippen LogP contribution in [-0.4, -0.2) is 43.5 Å². The molecule has 1 amide bonds. The molecule has 0 saturated heterocycles. The first-order chi connectivity index (χ1) is 9.90. The summed E-state index contributed by atoms with van der Waals surface area (Å²) in [5.41, 5.74) is 7.08. The maximum Gasteiger partial charge on any atom is 0.237 e. The van der Waals surface area contributed by atoms with Crippen molar-refractivity contribution in [1.29, 1.82) is 0 Å². The van der Waals surface area contributed by atoms with Crippen molar-refractivity contribution in [3.8, 4) is 0 Å². The lowest BCUT2D eigenvalue weighted by Crippen LogP contribution is -2.47. The third-order valence-corrected chi connectivity index (χ3v) is 3.62. The molecular weight excluding hydrogens is 262 g/mol. The van der Waals surface area contributed by atoms with Crippen molar-refractivity contribution in [2.45, 2.75) is 38.8 Å². The molecule has 0 spiro atoms. The highest BCUT2D eigenvalue weighted by molar-refractivity contribution is 5.81. The molecule has 4 nitrogen and oxygen atoms in total. The molecule has 3 N–H and O–H groups in total. The van der Waals surface area contributed by atoms with Gasteiger partial charge in [0.1, 0.15) is 0 Å². The fourth-order valence-corrected chi connectivity index (χ4v) is 2.33. The Kier molecular flexibility index (Phi) is 7.40. The molecule has 0 bridgehead atoms. The fraction of sp³-hybridized carbons (Fsp3) is 0.588. The van der Waals surface area contributed by atoms with E-state index in [0.29, 0.717) is 24.9 Å². The van der Waals surface area contributed by atoms with Crippen LogP contribution >= 0.6 is 0 Å². The van der Waals surface area contributed by atoms with E-state index in [1.54, 1.807) is 0 Å². The Balaban J connectivity index is 2.44. The first-order valence-electron chi connectivity index (χ1n) is 7.63. The van der Waals surface area contributed by atoms with Gasteiger partial charge >= 0.3 is 0 Å². The van der Waals surface area contributed by atoms with Crippen LogP contribution in [0.15, 0.2) is 30.3 Å². The molecular formula is C17H29N3O. The number of nitrogens with two attached hydrogens (primary N) is 1. The first-order valence-corrected chi connectivity index (χ1v) is 7.63. The summed E-state index contributed by atoms with van der Waals surface area (Å²) < 4.78 is 0. The van der Waals surface area contributed by atoms with Gasteiger partial charge in [0.25, 0.3) is 0 Å². The Morgan fingerprint density at radius 1 is 1.24 bits per heavy atom. The van der Waals surface area contributed by atoms with Crippen molar-refractivity contribution in [2.75, 3.05) is 20.6 Å². The lowest BCUT2D eigenvalue weighted by atomic mass is 10.0. The Hall–Kier alpha value is -1.39. The van der Waals surface area contributed by atoms with Gasteiger partial charge in [0.2, 0.25) is 5.91 Å². The average Bonchev–Trinajstić information content (AvgIpc) is 2.43. The predicted octanol–water partition coefficient (Wildman–Crippen LogP) is 1.65. The smallest absolute Gasteiger partial charge is 0.237 e. The van der Waals surface area contributed by atoms with Crippen LogP contribution in [0.1, 0.15) is 25.8 Å². The van der Waals surface area contributed by atoms with E-state index in [4.69, 9.17) is 5.73 Å². The molecule has 2 atom stereocenters. The molecule has 0 radical (unpaired) electrons. The molecule has 1 aromatic carbocycles. The van der Waals surface area contributed by atoms with Crippen LogP contribution < -0.4 is 11.1 Å². The largest absolute Gasteiger partial charge is 0.353 e. The Bertz CT molecular complexity index is 417. The number of rotatable bonds is 8. The molecule has 21 heavy (non-hydrogen) atoms. The van der Waals surface area contributed by atoms with Crippen molar-refractivity contribution in [2.24, 2.45) is 11.7 Å². The van der Waals surface area contributed by atoms with Gasteiger partial charge in [-0.3, -0.25) is 4.79 Å². The van der Waals surface area contributed by atoms with Crippen LogP contribution in [0.5, 0.6) is 0 Å². The van der Waals surface area contributed by atoms with Crippen molar-refractivity contribution in [3.05, 3.63) is 35.9 Å². The molecule has 0 saturated carbocycles. The second-order valence-corrected chi connectivity index (χ2v) is 6.29. The van der Waals surface area contributed by atoms with Gasteiger partial charge in [-0.15, -0.1) is 0 Å². The minimum Gasteiger partial charge on any atom is -0.353 e. The number of benzene rings is 1. The topological polar surface area (TPSA) is 58.4 Å². The van der Waals surface area contributed by atoms with Crippen LogP contribution in [0.4, 0.5) is 0 Å². The SMILES string of the molecule is CC(C)CC(CNC(=O)[C@H](N)Cc1ccccc1)N(C)C. The lowest BCUT2D eigenvalue weighted by Gasteiger charge is -2.26. The summed E-state index contributed by atoms with van der Waals surface area (Å²) in [4.78, 5) is 14.3. The highest BCUT2D eigenvalue weighted by Gasteiger charge is 2.18. The quantitative estimate of drug-likeness (QED) is 0.765. The molecule has 0 aromatic heterocycles. The molecule has 0 aliphatic heterocycles. The number of nitrogens with zero attached hydrogens (tertiary/aromatic N) is 1. The molecule has 118 valence electrons. The van der Waals surface area contributed by atoms with Crippen molar-refractivity contribution >= 4 is 5.91 Å². The summed E-state index contributed by atoms with van der Waals surface area (Å²) in [5.74, 6) is 0.529. The van der Waals surface area contributed by atoms with E-state index in [9.17, 15) is 4.79 Å². The molecule has 1 rings (SSSR count). The van der Waals surface area contributed by atoms with E-state index < -0.39 is 6.04 Å². The summed E-state index contributed by atoms with van der Waals surface area (Å²) >= 11 is 0. The molecule has 0 fully saturated rings. The van der Waals surface area contributed by atoms with Crippen LogP contribution in [-0.2, 0) is 11.2 Å². The molecule has 0 aliphatic carbocycles. The van der Waals surface area contributed by atoms with Gasteiger partial charge in [0, 0.05) is 12.6 Å². The highest BCUT2D eigenvalue weighted by atomic mass is 16.2. The second kappa shape index (κ2) is 8.80. The maximum atomic E-state index is 12.1. The normalized spacial score (nSPS) is 14.2. The van der Waals surface area contributed by atoms with Crippen LogP contribution in [0.25, 0.3) is 0 Å². The van der Waals surface area contributed by atoms with E-state index in [1.807, 2.05) is 44.4 Å². The maximum absolute atomic E-state index is 12.1. The van der Waals surface area contributed by atoms with Crippen LogP contribution in [0.2, 0.25) is 0 Å². The van der Waals surface area contributed by atoms with Crippen molar-refractivity contribution < 1.29 is 4.79 Å². The summed E-state index contributed by atoms with van der Waals surface area (Å²) in [6.45, 7) is 5.03. The number of likely N-dealkylation sites (N-methyl/N-ethyl adjacent to an activating group) is 1. The van der Waals surface area contributed by atoms with Crippen molar-refractivity contribution in [3.63, 3.8) is 0 Å². The second-order valence-electron chi connectivity index (χ2n) is 6.29. The van der Waals surface area contributed by atoms with E-state index in [2.05, 4.69) is 24.1 Å². The lowest BCUT2D eigenvalue weighted by molar-refractivity contribution is -0.122. The molecule has 1 unspecified atom stereocenters. The molecule has 4 heteroatoms. The fourth-order valence-electron chi connectivity index (χ4n) is 2.33. The van der Waals surface area contributed by atoms with Gasteiger partial charge in [-0.05, 0) is 38.4 Å². The third-order valence-electron chi connectivity index (χ3n) is 3.62. The van der Waals surface area contributed by atoms with Crippen LogP contribution in [0.3, 0.4) is 0 Å². The minimum atomic E-state index is -0.491. The zero-order valence-corrected chi connectivity index (χ0v) is 13.7. The summed E-state index contributed by atoms with van der Waals surface area (Å²) in [6.07, 6.45) is 1.63. The Morgan fingerprint density at radius 3 is 2.38 bits per heavy atom. The zero-order valence-electron chi connectivity index (χ0n) is 13.7. The first kappa shape index (κ1) is 17.7.